The topological polar surface area (TPSA) is 25.8 Å². The van der Waals surface area contributed by atoms with Crippen LogP contribution in [0.3, 0.4) is 0 Å². The third kappa shape index (κ3) is 4.10. The highest BCUT2D eigenvalue weighted by atomic mass is 32.1. The summed E-state index contributed by atoms with van der Waals surface area (Å²) in [6.45, 7) is 0. The third-order valence-corrected chi connectivity index (χ3v) is 8.90. The molecule has 0 bridgehead atoms. The normalized spacial score (nSPS) is 11.4. The van der Waals surface area contributed by atoms with E-state index in [2.05, 4.69) is 103 Å². The van der Waals surface area contributed by atoms with Gasteiger partial charge in [-0.05, 0) is 40.5 Å². The summed E-state index contributed by atoms with van der Waals surface area (Å²) in [6, 6.07) is 51.2. The van der Waals surface area contributed by atoms with Crippen molar-refractivity contribution in [2.75, 3.05) is 0 Å². The fourth-order valence-corrected chi connectivity index (χ4v) is 7.00. The van der Waals surface area contributed by atoms with E-state index in [9.17, 15) is 0 Å². The molecule has 0 fully saturated rings. The second-order valence-electron chi connectivity index (χ2n) is 10.2. The SMILES string of the molecule is c1ccc(-c2nc3ccccc3nc2-c2ccc(-c3cccc4c3sc3cccc(-c5ccccc5)c34)cc2)cc1. The van der Waals surface area contributed by atoms with E-state index in [0.717, 1.165) is 33.5 Å². The summed E-state index contributed by atoms with van der Waals surface area (Å²) in [5.41, 5.74) is 10.7. The molecule has 0 atom stereocenters. The number of nitrogens with zero attached hydrogens (tertiary/aromatic N) is 2. The zero-order chi connectivity index (χ0) is 27.2. The molecule has 192 valence electrons. The molecular formula is C38H24N2S. The summed E-state index contributed by atoms with van der Waals surface area (Å²) < 4.78 is 2.62. The Labute approximate surface area is 242 Å². The third-order valence-electron chi connectivity index (χ3n) is 7.69. The minimum atomic E-state index is 0.897. The van der Waals surface area contributed by atoms with Gasteiger partial charge in [-0.2, -0.15) is 0 Å². The van der Waals surface area contributed by atoms with E-state index in [0.29, 0.717) is 0 Å². The Morgan fingerprint density at radius 3 is 1.59 bits per heavy atom. The first kappa shape index (κ1) is 23.7. The number of benzene rings is 6. The van der Waals surface area contributed by atoms with Crippen LogP contribution in [0.25, 0.3) is 76.0 Å². The average molecular weight is 541 g/mol. The number of rotatable bonds is 4. The van der Waals surface area contributed by atoms with Crippen LogP contribution < -0.4 is 0 Å². The van der Waals surface area contributed by atoms with Crippen molar-refractivity contribution >= 4 is 42.5 Å². The standard InChI is InChI=1S/C38H24N2S/c1-3-11-25(12-4-1)29-15-10-20-34-35(29)31-17-9-16-30(38(31)41-34)26-21-23-28(24-22-26)37-36(27-13-5-2-6-14-27)39-32-18-7-8-19-33(32)40-37/h1-24H. The van der Waals surface area contributed by atoms with Crippen LogP contribution in [0.2, 0.25) is 0 Å². The van der Waals surface area contributed by atoms with E-state index >= 15 is 0 Å². The molecule has 0 radical (unpaired) electrons. The Balaban J connectivity index is 1.27. The molecule has 0 amide bonds. The van der Waals surface area contributed by atoms with Crippen molar-refractivity contribution in [3.8, 4) is 44.8 Å². The molecule has 0 unspecified atom stereocenters. The molecule has 2 aromatic heterocycles. The predicted octanol–water partition coefficient (Wildman–Crippen LogP) is 10.7. The molecule has 41 heavy (non-hydrogen) atoms. The lowest BCUT2D eigenvalue weighted by Gasteiger charge is -2.11. The summed E-state index contributed by atoms with van der Waals surface area (Å²) in [5, 5.41) is 2.63. The van der Waals surface area contributed by atoms with Crippen molar-refractivity contribution in [1.29, 1.82) is 0 Å². The van der Waals surface area contributed by atoms with Crippen LogP contribution in [0.4, 0.5) is 0 Å². The molecule has 0 aliphatic heterocycles. The van der Waals surface area contributed by atoms with Crippen molar-refractivity contribution in [2.24, 2.45) is 0 Å². The van der Waals surface area contributed by atoms with Gasteiger partial charge in [-0.15, -0.1) is 11.3 Å². The largest absolute Gasteiger partial charge is 0.244 e. The summed E-state index contributed by atoms with van der Waals surface area (Å²) in [7, 11) is 0. The molecule has 2 nitrogen and oxygen atoms in total. The summed E-state index contributed by atoms with van der Waals surface area (Å²) in [4.78, 5) is 10.1. The second-order valence-corrected chi connectivity index (χ2v) is 11.2. The van der Waals surface area contributed by atoms with Crippen LogP contribution >= 0.6 is 11.3 Å². The Morgan fingerprint density at radius 2 is 0.902 bits per heavy atom. The highest BCUT2D eigenvalue weighted by molar-refractivity contribution is 7.26. The zero-order valence-corrected chi connectivity index (χ0v) is 23.0. The van der Waals surface area contributed by atoms with Crippen LogP contribution in [-0.4, -0.2) is 9.97 Å². The number of thiophene rings is 1. The van der Waals surface area contributed by atoms with Gasteiger partial charge >= 0.3 is 0 Å². The number of hydrogen-bond donors (Lipinski definition) is 0. The van der Waals surface area contributed by atoms with Crippen LogP contribution in [0.15, 0.2) is 146 Å². The lowest BCUT2D eigenvalue weighted by atomic mass is 9.96. The molecule has 0 aliphatic rings. The molecule has 6 aromatic carbocycles. The minimum Gasteiger partial charge on any atom is -0.244 e. The van der Waals surface area contributed by atoms with E-state index in [-0.39, 0.29) is 0 Å². The van der Waals surface area contributed by atoms with Crippen LogP contribution in [-0.2, 0) is 0 Å². The van der Waals surface area contributed by atoms with Gasteiger partial charge in [-0.1, -0.05) is 127 Å². The summed E-state index contributed by atoms with van der Waals surface area (Å²) >= 11 is 1.87. The molecule has 8 rings (SSSR count). The number of para-hydroxylation sites is 2. The van der Waals surface area contributed by atoms with Crippen molar-refractivity contribution in [1.82, 2.24) is 9.97 Å². The maximum absolute atomic E-state index is 5.08. The first-order chi connectivity index (χ1) is 20.3. The smallest absolute Gasteiger partial charge is 0.0973 e. The lowest BCUT2D eigenvalue weighted by molar-refractivity contribution is 1.29. The molecule has 0 saturated heterocycles. The first-order valence-electron chi connectivity index (χ1n) is 13.8. The minimum absolute atomic E-state index is 0.897. The highest BCUT2D eigenvalue weighted by Crippen LogP contribution is 2.44. The van der Waals surface area contributed by atoms with Crippen LogP contribution in [0.5, 0.6) is 0 Å². The van der Waals surface area contributed by atoms with Gasteiger partial charge in [0, 0.05) is 31.3 Å². The maximum Gasteiger partial charge on any atom is 0.0973 e. The van der Waals surface area contributed by atoms with Crippen LogP contribution in [0, 0.1) is 0 Å². The first-order valence-corrected chi connectivity index (χ1v) is 14.6. The van der Waals surface area contributed by atoms with Crippen molar-refractivity contribution in [3.05, 3.63) is 146 Å². The second kappa shape index (κ2) is 9.81. The predicted molar refractivity (Wildman–Crippen MR) is 174 cm³/mol. The van der Waals surface area contributed by atoms with Crippen molar-refractivity contribution in [2.45, 2.75) is 0 Å². The fraction of sp³-hybridized carbons (Fsp3) is 0. The van der Waals surface area contributed by atoms with E-state index in [1.807, 2.05) is 53.8 Å². The molecule has 2 heterocycles. The zero-order valence-electron chi connectivity index (χ0n) is 22.2. The van der Waals surface area contributed by atoms with Crippen molar-refractivity contribution < 1.29 is 0 Å². The fourth-order valence-electron chi connectivity index (χ4n) is 5.74. The molecule has 0 saturated carbocycles. The molecule has 0 N–H and O–H groups in total. The van der Waals surface area contributed by atoms with E-state index in [1.165, 1.54) is 42.4 Å². The van der Waals surface area contributed by atoms with Gasteiger partial charge in [-0.3, -0.25) is 0 Å². The van der Waals surface area contributed by atoms with Crippen LogP contribution in [0.1, 0.15) is 0 Å². The maximum atomic E-state index is 5.08. The number of fused-ring (bicyclic) bond motifs is 4. The van der Waals surface area contributed by atoms with Gasteiger partial charge in [-0.25, -0.2) is 9.97 Å². The molecule has 0 aliphatic carbocycles. The van der Waals surface area contributed by atoms with Gasteiger partial charge in [0.15, 0.2) is 0 Å². The Hall–Kier alpha value is -5.12. The van der Waals surface area contributed by atoms with E-state index in [4.69, 9.17) is 9.97 Å². The quantitative estimate of drug-likeness (QED) is 0.222. The summed E-state index contributed by atoms with van der Waals surface area (Å²) in [6.07, 6.45) is 0. The summed E-state index contributed by atoms with van der Waals surface area (Å²) in [5.74, 6) is 0. The van der Waals surface area contributed by atoms with E-state index in [1.54, 1.807) is 0 Å². The lowest BCUT2D eigenvalue weighted by Crippen LogP contribution is -1.95. The molecule has 3 heteroatoms. The van der Waals surface area contributed by atoms with Gasteiger partial charge in [0.05, 0.1) is 22.4 Å². The molecule has 0 spiro atoms. The van der Waals surface area contributed by atoms with Crippen molar-refractivity contribution in [3.63, 3.8) is 0 Å². The number of aromatic nitrogens is 2. The Kier molecular flexibility index (Phi) is 5.68. The highest BCUT2D eigenvalue weighted by Gasteiger charge is 2.16. The number of hydrogen-bond acceptors (Lipinski definition) is 3. The molecular weight excluding hydrogens is 516 g/mol. The Bertz CT molecular complexity index is 2180. The van der Waals surface area contributed by atoms with Gasteiger partial charge < -0.3 is 0 Å². The Morgan fingerprint density at radius 1 is 0.390 bits per heavy atom. The average Bonchev–Trinajstić information content (AvgIpc) is 3.44. The van der Waals surface area contributed by atoms with Gasteiger partial charge in [0.25, 0.3) is 0 Å². The van der Waals surface area contributed by atoms with E-state index < -0.39 is 0 Å². The van der Waals surface area contributed by atoms with Gasteiger partial charge in [0.2, 0.25) is 0 Å². The monoisotopic (exact) mass is 540 g/mol. The molecule has 8 aromatic rings. The van der Waals surface area contributed by atoms with Gasteiger partial charge in [0.1, 0.15) is 0 Å².